The second-order valence-corrected chi connectivity index (χ2v) is 5.80. The van der Waals surface area contributed by atoms with Gasteiger partial charge in [0.25, 0.3) is 5.91 Å². The third-order valence-corrected chi connectivity index (χ3v) is 3.87. The summed E-state index contributed by atoms with van der Waals surface area (Å²) in [5.74, 6) is -1.56. The Labute approximate surface area is 155 Å². The van der Waals surface area contributed by atoms with E-state index in [0.29, 0.717) is 11.3 Å². The number of aromatic nitrogens is 2. The van der Waals surface area contributed by atoms with Crippen LogP contribution in [0, 0.1) is 12.7 Å². The summed E-state index contributed by atoms with van der Waals surface area (Å²) < 4.78 is 15.4. The van der Waals surface area contributed by atoms with Crippen LogP contribution >= 0.6 is 0 Å². The molecule has 7 heteroatoms. The average Bonchev–Trinajstić information content (AvgIpc) is 3.14. The molecule has 0 aliphatic rings. The summed E-state index contributed by atoms with van der Waals surface area (Å²) in [6, 6.07) is 11.6. The van der Waals surface area contributed by atoms with Gasteiger partial charge >= 0.3 is 0 Å². The summed E-state index contributed by atoms with van der Waals surface area (Å²) in [7, 11) is 0. The normalized spacial score (nSPS) is 10.3. The van der Waals surface area contributed by atoms with Crippen molar-refractivity contribution >= 4 is 23.2 Å². The monoisotopic (exact) mass is 364 g/mol. The van der Waals surface area contributed by atoms with E-state index >= 15 is 0 Å². The van der Waals surface area contributed by atoms with Crippen LogP contribution in [-0.4, -0.2) is 21.6 Å². The van der Waals surface area contributed by atoms with Gasteiger partial charge in [-0.15, -0.1) is 0 Å². The van der Waals surface area contributed by atoms with Gasteiger partial charge in [-0.25, -0.2) is 9.07 Å². The lowest BCUT2D eigenvalue weighted by Crippen LogP contribution is -2.13. The minimum atomic E-state index is -0.615. The van der Waals surface area contributed by atoms with Gasteiger partial charge in [-0.2, -0.15) is 5.10 Å². The SMILES string of the molecule is C=CC(=O)Nc1cc(NC(=O)c2cnn(-c3ccccc3C)c2)ccc1F. The Bertz CT molecular complexity index is 1030. The van der Waals surface area contributed by atoms with Gasteiger partial charge in [-0.3, -0.25) is 9.59 Å². The predicted octanol–water partition coefficient (Wildman–Crippen LogP) is 3.70. The van der Waals surface area contributed by atoms with Crippen LogP contribution in [0.1, 0.15) is 15.9 Å². The van der Waals surface area contributed by atoms with E-state index in [9.17, 15) is 14.0 Å². The molecule has 3 aromatic rings. The number of anilines is 2. The maximum Gasteiger partial charge on any atom is 0.258 e. The Morgan fingerprint density at radius 1 is 1.19 bits per heavy atom. The number of aryl methyl sites for hydroxylation is 1. The number of halogens is 1. The zero-order chi connectivity index (χ0) is 19.4. The molecule has 0 aliphatic carbocycles. The Kier molecular flexibility index (Phi) is 5.12. The van der Waals surface area contributed by atoms with Gasteiger partial charge in [-0.1, -0.05) is 24.8 Å². The summed E-state index contributed by atoms with van der Waals surface area (Å²) in [5, 5.41) is 9.23. The highest BCUT2D eigenvalue weighted by molar-refractivity contribution is 6.05. The number of carbonyl (C=O) groups excluding carboxylic acids is 2. The first-order chi connectivity index (χ1) is 13.0. The number of amides is 2. The molecule has 136 valence electrons. The van der Waals surface area contributed by atoms with E-state index in [2.05, 4.69) is 22.3 Å². The maximum absolute atomic E-state index is 13.8. The molecule has 2 N–H and O–H groups in total. The van der Waals surface area contributed by atoms with E-state index in [1.165, 1.54) is 18.3 Å². The predicted molar refractivity (Wildman–Crippen MR) is 101 cm³/mol. The van der Waals surface area contributed by atoms with Crippen molar-refractivity contribution in [3.05, 3.63) is 84.5 Å². The Morgan fingerprint density at radius 3 is 2.70 bits per heavy atom. The topological polar surface area (TPSA) is 76.0 Å². The van der Waals surface area contributed by atoms with Gasteiger partial charge < -0.3 is 10.6 Å². The van der Waals surface area contributed by atoms with Gasteiger partial charge in [-0.05, 0) is 42.8 Å². The molecule has 2 amide bonds. The molecule has 0 saturated carbocycles. The molecule has 0 fully saturated rings. The van der Waals surface area contributed by atoms with Crippen molar-refractivity contribution < 1.29 is 14.0 Å². The van der Waals surface area contributed by atoms with Crippen molar-refractivity contribution in [2.45, 2.75) is 6.92 Å². The zero-order valence-corrected chi connectivity index (χ0v) is 14.6. The number of para-hydroxylation sites is 1. The average molecular weight is 364 g/mol. The van der Waals surface area contributed by atoms with Gasteiger partial charge in [0.05, 0.1) is 23.1 Å². The second-order valence-electron chi connectivity index (χ2n) is 5.80. The van der Waals surface area contributed by atoms with E-state index < -0.39 is 17.6 Å². The Morgan fingerprint density at radius 2 is 1.96 bits per heavy atom. The molecule has 0 spiro atoms. The third-order valence-electron chi connectivity index (χ3n) is 3.87. The first-order valence-electron chi connectivity index (χ1n) is 8.13. The standard InChI is InChI=1S/C20H17FN4O2/c1-3-19(26)24-17-10-15(8-9-16(17)21)23-20(27)14-11-22-25(12-14)18-7-5-4-6-13(18)2/h3-12H,1H2,2H3,(H,23,27)(H,24,26). The molecule has 0 aliphatic heterocycles. The molecule has 27 heavy (non-hydrogen) atoms. The van der Waals surface area contributed by atoms with Crippen molar-refractivity contribution in [1.29, 1.82) is 0 Å². The van der Waals surface area contributed by atoms with Crippen LogP contribution in [0.3, 0.4) is 0 Å². The minimum absolute atomic E-state index is 0.0479. The number of nitrogens with zero attached hydrogens (tertiary/aromatic N) is 2. The lowest BCUT2D eigenvalue weighted by atomic mass is 10.2. The van der Waals surface area contributed by atoms with E-state index in [0.717, 1.165) is 23.4 Å². The van der Waals surface area contributed by atoms with Crippen LogP contribution in [0.5, 0.6) is 0 Å². The number of hydrogen-bond acceptors (Lipinski definition) is 3. The Hall–Kier alpha value is -3.74. The quantitative estimate of drug-likeness (QED) is 0.678. The Balaban J connectivity index is 1.78. The molecule has 1 heterocycles. The zero-order valence-electron chi connectivity index (χ0n) is 14.6. The highest BCUT2D eigenvalue weighted by atomic mass is 19.1. The molecular weight excluding hydrogens is 347 g/mol. The first kappa shape index (κ1) is 18.1. The smallest absolute Gasteiger partial charge is 0.258 e. The summed E-state index contributed by atoms with van der Waals surface area (Å²) in [5.41, 5.74) is 2.53. The summed E-state index contributed by atoms with van der Waals surface area (Å²) in [6.45, 7) is 5.27. The lowest BCUT2D eigenvalue weighted by Gasteiger charge is -2.08. The molecule has 6 nitrogen and oxygen atoms in total. The first-order valence-corrected chi connectivity index (χ1v) is 8.13. The molecule has 0 unspecified atom stereocenters. The van der Waals surface area contributed by atoms with Crippen molar-refractivity contribution in [3.63, 3.8) is 0 Å². The maximum atomic E-state index is 13.8. The van der Waals surface area contributed by atoms with Crippen molar-refractivity contribution in [1.82, 2.24) is 9.78 Å². The highest BCUT2D eigenvalue weighted by Gasteiger charge is 2.12. The fourth-order valence-electron chi connectivity index (χ4n) is 2.48. The van der Waals surface area contributed by atoms with E-state index in [-0.39, 0.29) is 5.69 Å². The minimum Gasteiger partial charge on any atom is -0.322 e. The van der Waals surface area contributed by atoms with Gasteiger partial charge in [0.15, 0.2) is 0 Å². The van der Waals surface area contributed by atoms with E-state index in [1.54, 1.807) is 10.9 Å². The van der Waals surface area contributed by atoms with Crippen molar-refractivity contribution in [2.75, 3.05) is 10.6 Å². The number of nitrogens with one attached hydrogen (secondary N) is 2. The molecular formula is C20H17FN4O2. The number of hydrogen-bond donors (Lipinski definition) is 2. The molecule has 0 saturated heterocycles. The number of carbonyl (C=O) groups is 2. The van der Waals surface area contributed by atoms with Crippen LogP contribution in [0.15, 0.2) is 67.5 Å². The molecule has 2 aromatic carbocycles. The molecule has 1 aromatic heterocycles. The molecule has 3 rings (SSSR count). The number of rotatable bonds is 5. The summed E-state index contributed by atoms with van der Waals surface area (Å²) in [4.78, 5) is 23.8. The fraction of sp³-hybridized carbons (Fsp3) is 0.0500. The van der Waals surface area contributed by atoms with Gasteiger partial charge in [0, 0.05) is 11.9 Å². The molecule has 0 bridgehead atoms. The molecule has 0 atom stereocenters. The third kappa shape index (κ3) is 4.09. The molecule has 0 radical (unpaired) electrons. The van der Waals surface area contributed by atoms with Crippen molar-refractivity contribution in [3.8, 4) is 5.69 Å². The van der Waals surface area contributed by atoms with Gasteiger partial charge in [0.1, 0.15) is 5.82 Å². The van der Waals surface area contributed by atoms with E-state index in [1.807, 2.05) is 31.2 Å². The van der Waals surface area contributed by atoms with Crippen LogP contribution in [0.4, 0.5) is 15.8 Å². The van der Waals surface area contributed by atoms with Crippen LogP contribution in [0.2, 0.25) is 0 Å². The van der Waals surface area contributed by atoms with Crippen LogP contribution < -0.4 is 10.6 Å². The lowest BCUT2D eigenvalue weighted by molar-refractivity contribution is -0.111. The van der Waals surface area contributed by atoms with Crippen LogP contribution in [-0.2, 0) is 4.79 Å². The van der Waals surface area contributed by atoms with Crippen LogP contribution in [0.25, 0.3) is 5.69 Å². The summed E-state index contributed by atoms with van der Waals surface area (Å²) >= 11 is 0. The summed E-state index contributed by atoms with van der Waals surface area (Å²) in [6.07, 6.45) is 4.10. The largest absolute Gasteiger partial charge is 0.322 e. The van der Waals surface area contributed by atoms with Gasteiger partial charge in [0.2, 0.25) is 5.91 Å². The van der Waals surface area contributed by atoms with E-state index in [4.69, 9.17) is 0 Å². The highest BCUT2D eigenvalue weighted by Crippen LogP contribution is 2.21. The second kappa shape index (κ2) is 7.65. The fourth-order valence-corrected chi connectivity index (χ4v) is 2.48. The number of benzene rings is 2. The van der Waals surface area contributed by atoms with Crippen molar-refractivity contribution in [2.24, 2.45) is 0 Å².